The molecule has 1 saturated carbocycles. The quantitative estimate of drug-likeness (QED) is 0.660. The Bertz CT molecular complexity index is 1010. The standard InChI is InChI=1S/C21H17N3O4/c25-17(14-7-3-1-4-8-14)16-11-20(28-23-16)12-21(13-20)18(26)24(19(27)22-21)15-9-5-2-6-10-15/h1-10H,11-13H2,(H,22,27). The van der Waals surface area contributed by atoms with Gasteiger partial charge in [0.25, 0.3) is 5.91 Å². The van der Waals surface area contributed by atoms with E-state index in [1.807, 2.05) is 12.1 Å². The van der Waals surface area contributed by atoms with Crippen molar-refractivity contribution < 1.29 is 19.2 Å². The highest BCUT2D eigenvalue weighted by atomic mass is 16.7. The van der Waals surface area contributed by atoms with Crippen LogP contribution in [0.2, 0.25) is 0 Å². The first kappa shape index (κ1) is 16.7. The number of oxime groups is 1. The number of Topliss-reactive ketones (excluding diaryl/α,β-unsaturated/α-hetero) is 1. The smallest absolute Gasteiger partial charge is 0.329 e. The monoisotopic (exact) mass is 375 g/mol. The fourth-order valence-corrected chi connectivity index (χ4v) is 4.31. The zero-order valence-electron chi connectivity index (χ0n) is 14.9. The molecule has 7 heteroatoms. The molecule has 0 radical (unpaired) electrons. The van der Waals surface area contributed by atoms with Gasteiger partial charge in [-0.25, -0.2) is 9.69 Å². The normalized spacial score (nSPS) is 28.1. The fourth-order valence-electron chi connectivity index (χ4n) is 4.31. The van der Waals surface area contributed by atoms with Crippen LogP contribution in [0.3, 0.4) is 0 Å². The van der Waals surface area contributed by atoms with Gasteiger partial charge >= 0.3 is 6.03 Å². The Morgan fingerprint density at radius 3 is 2.32 bits per heavy atom. The van der Waals surface area contributed by atoms with Crippen LogP contribution in [0.4, 0.5) is 10.5 Å². The van der Waals surface area contributed by atoms with Crippen LogP contribution >= 0.6 is 0 Å². The Kier molecular flexibility index (Phi) is 3.43. The molecule has 3 amide bonds. The zero-order chi connectivity index (χ0) is 19.4. The first-order valence-corrected chi connectivity index (χ1v) is 9.09. The second-order valence-electron chi connectivity index (χ2n) is 7.53. The number of hydrogen-bond donors (Lipinski definition) is 1. The van der Waals surface area contributed by atoms with Gasteiger partial charge in [-0.2, -0.15) is 0 Å². The number of nitrogens with zero attached hydrogens (tertiary/aromatic N) is 2. The van der Waals surface area contributed by atoms with E-state index in [4.69, 9.17) is 4.84 Å². The summed E-state index contributed by atoms with van der Waals surface area (Å²) in [6, 6.07) is 17.3. The Morgan fingerprint density at radius 2 is 1.64 bits per heavy atom. The molecule has 1 N–H and O–H groups in total. The van der Waals surface area contributed by atoms with Crippen LogP contribution in [0.1, 0.15) is 29.6 Å². The van der Waals surface area contributed by atoms with Crippen LogP contribution in [0.15, 0.2) is 65.8 Å². The second kappa shape index (κ2) is 5.76. The molecule has 0 aromatic heterocycles. The molecule has 2 spiro atoms. The van der Waals surface area contributed by atoms with E-state index in [-0.39, 0.29) is 11.7 Å². The van der Waals surface area contributed by atoms with Crippen LogP contribution in [0.25, 0.3) is 0 Å². The van der Waals surface area contributed by atoms with Crippen LogP contribution in [-0.2, 0) is 9.63 Å². The molecule has 1 saturated heterocycles. The van der Waals surface area contributed by atoms with E-state index >= 15 is 0 Å². The van der Waals surface area contributed by atoms with Gasteiger partial charge in [-0.3, -0.25) is 9.59 Å². The van der Waals surface area contributed by atoms with Gasteiger partial charge in [0.1, 0.15) is 16.9 Å². The predicted molar refractivity (Wildman–Crippen MR) is 101 cm³/mol. The molecule has 2 heterocycles. The molecule has 2 aromatic carbocycles. The molecule has 1 aliphatic carbocycles. The van der Waals surface area contributed by atoms with Crippen molar-refractivity contribution in [2.24, 2.45) is 5.16 Å². The van der Waals surface area contributed by atoms with Crippen molar-refractivity contribution in [1.29, 1.82) is 0 Å². The highest BCUT2D eigenvalue weighted by molar-refractivity contribution is 6.46. The van der Waals surface area contributed by atoms with Crippen molar-refractivity contribution in [2.75, 3.05) is 4.90 Å². The third kappa shape index (κ3) is 2.36. The van der Waals surface area contributed by atoms with Crippen LogP contribution in [-0.4, -0.2) is 34.6 Å². The Hall–Kier alpha value is -3.48. The van der Waals surface area contributed by atoms with Crippen molar-refractivity contribution in [3.63, 3.8) is 0 Å². The number of benzene rings is 2. The number of rotatable bonds is 3. The number of carbonyl (C=O) groups excluding carboxylic acids is 3. The van der Waals surface area contributed by atoms with E-state index < -0.39 is 17.2 Å². The molecular weight excluding hydrogens is 358 g/mol. The minimum atomic E-state index is -0.992. The van der Waals surface area contributed by atoms with Crippen molar-refractivity contribution in [1.82, 2.24) is 5.32 Å². The van der Waals surface area contributed by atoms with Crippen molar-refractivity contribution >= 4 is 29.1 Å². The lowest BCUT2D eigenvalue weighted by molar-refractivity contribution is -0.150. The molecular formula is C21H17N3O4. The summed E-state index contributed by atoms with van der Waals surface area (Å²) >= 11 is 0. The van der Waals surface area contributed by atoms with Gasteiger partial charge in [0.05, 0.1) is 5.69 Å². The lowest BCUT2D eigenvalue weighted by atomic mass is 9.62. The number of ketones is 1. The molecule has 3 aliphatic rings. The van der Waals surface area contributed by atoms with Gasteiger partial charge < -0.3 is 10.2 Å². The number of anilines is 1. The van der Waals surface area contributed by atoms with E-state index in [2.05, 4.69) is 10.5 Å². The first-order chi connectivity index (χ1) is 13.5. The summed E-state index contributed by atoms with van der Waals surface area (Å²) in [6.45, 7) is 0. The molecule has 5 rings (SSSR count). The highest BCUT2D eigenvalue weighted by Gasteiger charge is 2.68. The maximum Gasteiger partial charge on any atom is 0.329 e. The van der Waals surface area contributed by atoms with Gasteiger partial charge in [0, 0.05) is 24.8 Å². The molecule has 0 atom stereocenters. The third-order valence-corrected chi connectivity index (χ3v) is 5.56. The van der Waals surface area contributed by atoms with Gasteiger partial charge in [-0.1, -0.05) is 53.7 Å². The van der Waals surface area contributed by atoms with E-state index in [0.29, 0.717) is 36.2 Å². The van der Waals surface area contributed by atoms with Crippen LogP contribution in [0.5, 0.6) is 0 Å². The minimum Gasteiger partial charge on any atom is -0.388 e. The highest BCUT2D eigenvalue weighted by Crippen LogP contribution is 2.52. The van der Waals surface area contributed by atoms with Crippen molar-refractivity contribution in [2.45, 2.75) is 30.4 Å². The van der Waals surface area contributed by atoms with Crippen molar-refractivity contribution in [3.8, 4) is 0 Å². The average molecular weight is 375 g/mol. The molecule has 2 aromatic rings. The maximum atomic E-state index is 13.0. The molecule has 2 fully saturated rings. The second-order valence-corrected chi connectivity index (χ2v) is 7.53. The Balaban J connectivity index is 1.31. The number of amides is 3. The molecule has 0 unspecified atom stereocenters. The number of imide groups is 1. The topological polar surface area (TPSA) is 88.1 Å². The van der Waals surface area contributed by atoms with E-state index in [0.717, 1.165) is 0 Å². The summed E-state index contributed by atoms with van der Waals surface area (Å²) in [7, 11) is 0. The Labute approximate surface area is 161 Å². The van der Waals surface area contributed by atoms with Gasteiger partial charge in [-0.15, -0.1) is 0 Å². The van der Waals surface area contributed by atoms with Gasteiger partial charge in [0.2, 0.25) is 5.78 Å². The predicted octanol–water partition coefficient (Wildman–Crippen LogP) is 2.67. The van der Waals surface area contributed by atoms with Crippen molar-refractivity contribution in [3.05, 3.63) is 66.2 Å². The summed E-state index contributed by atoms with van der Waals surface area (Å²) < 4.78 is 0. The summed E-state index contributed by atoms with van der Waals surface area (Å²) in [6.07, 6.45) is 0.920. The lowest BCUT2D eigenvalue weighted by Gasteiger charge is -2.48. The van der Waals surface area contributed by atoms with Gasteiger partial charge in [-0.05, 0) is 12.1 Å². The fraction of sp³-hybridized carbons (Fsp3) is 0.238. The maximum absolute atomic E-state index is 13.0. The summed E-state index contributed by atoms with van der Waals surface area (Å²) in [5, 5.41) is 6.81. The summed E-state index contributed by atoms with van der Waals surface area (Å²) in [4.78, 5) is 44.7. The molecule has 7 nitrogen and oxygen atoms in total. The Morgan fingerprint density at radius 1 is 1.00 bits per heavy atom. The molecule has 28 heavy (non-hydrogen) atoms. The third-order valence-electron chi connectivity index (χ3n) is 5.56. The largest absolute Gasteiger partial charge is 0.388 e. The average Bonchev–Trinajstić information content (AvgIpc) is 3.23. The lowest BCUT2D eigenvalue weighted by Crippen LogP contribution is -2.65. The number of nitrogens with one attached hydrogen (secondary N) is 1. The summed E-state index contributed by atoms with van der Waals surface area (Å²) in [5.41, 5.74) is -0.274. The summed E-state index contributed by atoms with van der Waals surface area (Å²) in [5.74, 6) is -0.466. The number of urea groups is 1. The first-order valence-electron chi connectivity index (χ1n) is 9.09. The minimum absolute atomic E-state index is 0.175. The van der Waals surface area contributed by atoms with Crippen LogP contribution in [0, 0.1) is 0 Å². The molecule has 0 bridgehead atoms. The zero-order valence-corrected chi connectivity index (χ0v) is 14.9. The number of carbonyl (C=O) groups is 3. The van der Waals surface area contributed by atoms with E-state index in [1.165, 1.54) is 4.90 Å². The van der Waals surface area contributed by atoms with E-state index in [1.54, 1.807) is 48.5 Å². The number of hydrogen-bond acceptors (Lipinski definition) is 5. The van der Waals surface area contributed by atoms with Crippen LogP contribution < -0.4 is 10.2 Å². The molecule has 2 aliphatic heterocycles. The van der Waals surface area contributed by atoms with E-state index in [9.17, 15) is 14.4 Å². The molecule has 140 valence electrons. The SMILES string of the molecule is O=C(C1=NOC2(C1)CC1(C2)NC(=O)N(c2ccccc2)C1=O)c1ccccc1. The van der Waals surface area contributed by atoms with Gasteiger partial charge in [0.15, 0.2) is 0 Å². The number of para-hydroxylation sites is 1.